The summed E-state index contributed by atoms with van der Waals surface area (Å²) < 4.78 is 0. The lowest BCUT2D eigenvalue weighted by atomic mass is 10.2. The third-order valence-corrected chi connectivity index (χ3v) is 2.89. The van der Waals surface area contributed by atoms with Gasteiger partial charge < -0.3 is 15.5 Å². The number of anilines is 3. The molecule has 2 aromatic rings. The molecule has 5 heteroatoms. The molecule has 19 heavy (non-hydrogen) atoms. The lowest BCUT2D eigenvalue weighted by Crippen LogP contribution is -2.21. The van der Waals surface area contributed by atoms with E-state index in [0.29, 0.717) is 5.69 Å². The van der Waals surface area contributed by atoms with Gasteiger partial charge >= 0.3 is 0 Å². The third kappa shape index (κ3) is 2.93. The van der Waals surface area contributed by atoms with Gasteiger partial charge in [-0.1, -0.05) is 30.3 Å². The molecule has 5 nitrogen and oxygen atoms in total. The highest BCUT2D eigenvalue weighted by atomic mass is 15.2. The van der Waals surface area contributed by atoms with Gasteiger partial charge in [-0.3, -0.25) is 0 Å². The van der Waals surface area contributed by atoms with E-state index in [9.17, 15) is 0 Å². The molecular weight excluding hydrogens is 238 g/mol. The molecule has 0 saturated heterocycles. The maximum atomic E-state index is 6.13. The Bertz CT molecular complexity index is 539. The average Bonchev–Trinajstić information content (AvgIpc) is 2.39. The Kier molecular flexibility index (Phi) is 3.85. The van der Waals surface area contributed by atoms with E-state index < -0.39 is 0 Å². The predicted octanol–water partition coefficient (Wildman–Crippen LogP) is 1.76. The van der Waals surface area contributed by atoms with E-state index in [2.05, 4.69) is 22.1 Å². The van der Waals surface area contributed by atoms with Crippen LogP contribution in [0.3, 0.4) is 0 Å². The van der Waals surface area contributed by atoms with E-state index in [-0.39, 0.29) is 0 Å². The summed E-state index contributed by atoms with van der Waals surface area (Å²) >= 11 is 0. The summed E-state index contributed by atoms with van der Waals surface area (Å²) in [6, 6.07) is 10.2. The zero-order chi connectivity index (χ0) is 13.8. The van der Waals surface area contributed by atoms with Gasteiger partial charge in [0.15, 0.2) is 11.6 Å². The van der Waals surface area contributed by atoms with E-state index in [1.165, 1.54) is 5.56 Å². The van der Waals surface area contributed by atoms with Gasteiger partial charge in [0, 0.05) is 27.7 Å². The Hall–Kier alpha value is -2.30. The van der Waals surface area contributed by atoms with Crippen molar-refractivity contribution in [2.24, 2.45) is 0 Å². The SMILES string of the molecule is CN(C)c1ncnc(N(C)Cc2ccccc2)c1N. The second-order valence-electron chi connectivity index (χ2n) is 4.67. The first kappa shape index (κ1) is 13.1. The van der Waals surface area contributed by atoms with Crippen LogP contribution in [-0.2, 0) is 6.54 Å². The van der Waals surface area contributed by atoms with Gasteiger partial charge in [0.25, 0.3) is 0 Å². The minimum Gasteiger partial charge on any atom is -0.393 e. The standard InChI is InChI=1S/C14H19N5/c1-18(2)13-12(15)14(17-10-16-13)19(3)9-11-7-5-4-6-8-11/h4-8,10H,9,15H2,1-3H3. The van der Waals surface area contributed by atoms with E-state index >= 15 is 0 Å². The number of rotatable bonds is 4. The van der Waals surface area contributed by atoms with Crippen LogP contribution in [0.15, 0.2) is 36.7 Å². The number of benzene rings is 1. The molecule has 2 N–H and O–H groups in total. The lowest BCUT2D eigenvalue weighted by molar-refractivity contribution is 0.890. The molecule has 0 amide bonds. The Morgan fingerprint density at radius 3 is 2.26 bits per heavy atom. The third-order valence-electron chi connectivity index (χ3n) is 2.89. The fourth-order valence-corrected chi connectivity index (χ4v) is 1.97. The number of nitrogens with two attached hydrogens (primary N) is 1. The molecule has 0 aliphatic rings. The normalized spacial score (nSPS) is 10.3. The average molecular weight is 257 g/mol. The van der Waals surface area contributed by atoms with Crippen LogP contribution in [0.1, 0.15) is 5.56 Å². The second kappa shape index (κ2) is 5.56. The molecule has 0 spiro atoms. The number of hydrogen-bond donors (Lipinski definition) is 1. The molecule has 0 aliphatic heterocycles. The molecule has 2 rings (SSSR count). The number of nitrogen functional groups attached to an aromatic ring is 1. The Balaban J connectivity index is 2.24. The Morgan fingerprint density at radius 2 is 1.63 bits per heavy atom. The van der Waals surface area contributed by atoms with Gasteiger partial charge in [0.2, 0.25) is 0 Å². The zero-order valence-electron chi connectivity index (χ0n) is 11.5. The second-order valence-corrected chi connectivity index (χ2v) is 4.67. The summed E-state index contributed by atoms with van der Waals surface area (Å²) in [5, 5.41) is 0. The summed E-state index contributed by atoms with van der Waals surface area (Å²) in [4.78, 5) is 12.4. The van der Waals surface area contributed by atoms with Crippen LogP contribution in [0.5, 0.6) is 0 Å². The van der Waals surface area contributed by atoms with Crippen molar-refractivity contribution in [3.63, 3.8) is 0 Å². The summed E-state index contributed by atoms with van der Waals surface area (Å²) in [5.41, 5.74) is 7.95. The van der Waals surface area contributed by atoms with E-state index in [4.69, 9.17) is 5.73 Å². The molecular formula is C14H19N5. The first-order valence-electron chi connectivity index (χ1n) is 6.12. The highest BCUT2D eigenvalue weighted by molar-refractivity contribution is 5.75. The van der Waals surface area contributed by atoms with Crippen LogP contribution in [-0.4, -0.2) is 31.1 Å². The molecule has 0 saturated carbocycles. The lowest BCUT2D eigenvalue weighted by Gasteiger charge is -2.22. The quantitative estimate of drug-likeness (QED) is 0.904. The van der Waals surface area contributed by atoms with Crippen molar-refractivity contribution in [1.82, 2.24) is 9.97 Å². The zero-order valence-corrected chi connectivity index (χ0v) is 11.5. The van der Waals surface area contributed by atoms with Gasteiger partial charge in [-0.2, -0.15) is 0 Å². The van der Waals surface area contributed by atoms with Crippen molar-refractivity contribution < 1.29 is 0 Å². The van der Waals surface area contributed by atoms with Gasteiger partial charge in [-0.15, -0.1) is 0 Å². The summed E-state index contributed by atoms with van der Waals surface area (Å²) in [5.74, 6) is 1.49. The minimum absolute atomic E-state index is 0.603. The largest absolute Gasteiger partial charge is 0.393 e. The predicted molar refractivity (Wildman–Crippen MR) is 79.3 cm³/mol. The van der Waals surface area contributed by atoms with Gasteiger partial charge in [-0.25, -0.2) is 9.97 Å². The number of aromatic nitrogens is 2. The van der Waals surface area contributed by atoms with Crippen LogP contribution >= 0.6 is 0 Å². The molecule has 0 radical (unpaired) electrons. The van der Waals surface area contributed by atoms with Crippen LogP contribution in [0.25, 0.3) is 0 Å². The fourth-order valence-electron chi connectivity index (χ4n) is 1.97. The maximum absolute atomic E-state index is 6.13. The Morgan fingerprint density at radius 1 is 1.00 bits per heavy atom. The first-order chi connectivity index (χ1) is 9.09. The first-order valence-corrected chi connectivity index (χ1v) is 6.12. The highest BCUT2D eigenvalue weighted by Crippen LogP contribution is 2.27. The number of nitrogens with zero attached hydrogens (tertiary/aromatic N) is 4. The van der Waals surface area contributed by atoms with Crippen molar-refractivity contribution in [2.45, 2.75) is 6.54 Å². The summed E-state index contributed by atoms with van der Waals surface area (Å²) in [6.07, 6.45) is 1.54. The monoisotopic (exact) mass is 257 g/mol. The molecule has 1 aromatic heterocycles. The highest BCUT2D eigenvalue weighted by Gasteiger charge is 2.13. The minimum atomic E-state index is 0.603. The maximum Gasteiger partial charge on any atom is 0.157 e. The van der Waals surface area contributed by atoms with E-state index in [0.717, 1.165) is 18.2 Å². The molecule has 0 bridgehead atoms. The van der Waals surface area contributed by atoms with E-state index in [1.807, 2.05) is 49.1 Å². The van der Waals surface area contributed by atoms with E-state index in [1.54, 1.807) is 6.33 Å². The van der Waals surface area contributed by atoms with Crippen molar-refractivity contribution in [3.05, 3.63) is 42.2 Å². The summed E-state index contributed by atoms with van der Waals surface area (Å²) in [6.45, 7) is 0.759. The smallest absolute Gasteiger partial charge is 0.157 e. The molecule has 1 aromatic carbocycles. The van der Waals surface area contributed by atoms with Gasteiger partial charge in [-0.05, 0) is 5.56 Å². The van der Waals surface area contributed by atoms with Crippen molar-refractivity contribution in [1.29, 1.82) is 0 Å². The van der Waals surface area contributed by atoms with Crippen LogP contribution < -0.4 is 15.5 Å². The number of hydrogen-bond acceptors (Lipinski definition) is 5. The van der Waals surface area contributed by atoms with Crippen molar-refractivity contribution in [2.75, 3.05) is 36.7 Å². The van der Waals surface area contributed by atoms with Crippen LogP contribution in [0.4, 0.5) is 17.3 Å². The van der Waals surface area contributed by atoms with Gasteiger partial charge in [0.1, 0.15) is 12.0 Å². The molecule has 100 valence electrons. The van der Waals surface area contributed by atoms with Crippen molar-refractivity contribution in [3.8, 4) is 0 Å². The summed E-state index contributed by atoms with van der Waals surface area (Å²) in [7, 11) is 5.81. The van der Waals surface area contributed by atoms with Crippen molar-refractivity contribution >= 4 is 17.3 Å². The molecule has 0 aliphatic carbocycles. The topological polar surface area (TPSA) is 58.3 Å². The molecule has 0 atom stereocenters. The molecule has 0 fully saturated rings. The van der Waals surface area contributed by atoms with Gasteiger partial charge in [0.05, 0.1) is 0 Å². The van der Waals surface area contributed by atoms with Crippen LogP contribution in [0.2, 0.25) is 0 Å². The molecule has 1 heterocycles. The fraction of sp³-hybridized carbons (Fsp3) is 0.286. The van der Waals surface area contributed by atoms with Crippen LogP contribution in [0, 0.1) is 0 Å². The Labute approximate surface area is 113 Å². The molecule has 0 unspecified atom stereocenters.